The third kappa shape index (κ3) is 5.33. The van der Waals surface area contributed by atoms with E-state index in [1.165, 1.54) is 12.3 Å². The van der Waals surface area contributed by atoms with E-state index in [-0.39, 0.29) is 29.4 Å². The first-order valence-corrected chi connectivity index (χ1v) is 12.2. The minimum Gasteiger partial charge on any atom is -0.339 e. The van der Waals surface area contributed by atoms with Gasteiger partial charge in [-0.15, -0.1) is 0 Å². The molecular weight excluding hydrogens is 471 g/mol. The van der Waals surface area contributed by atoms with Crippen LogP contribution in [0, 0.1) is 23.1 Å². The highest BCUT2D eigenvalue weighted by atomic mass is 19.1. The molecule has 0 spiro atoms. The average Bonchev–Trinajstić information content (AvgIpc) is 2.90. The number of H-pyrrole nitrogens is 1. The van der Waals surface area contributed by atoms with Gasteiger partial charge in [0, 0.05) is 29.6 Å². The number of nitrogens with one attached hydrogen (secondary N) is 3. The summed E-state index contributed by atoms with van der Waals surface area (Å²) in [6.45, 7) is 0. The van der Waals surface area contributed by atoms with E-state index in [4.69, 9.17) is 5.26 Å². The van der Waals surface area contributed by atoms with Crippen molar-refractivity contribution in [2.75, 3.05) is 10.6 Å². The van der Waals surface area contributed by atoms with E-state index < -0.39 is 5.82 Å². The van der Waals surface area contributed by atoms with Crippen LogP contribution in [0.15, 0.2) is 59.7 Å². The van der Waals surface area contributed by atoms with Crippen molar-refractivity contribution >= 4 is 34.0 Å². The van der Waals surface area contributed by atoms with Crippen LogP contribution in [0.2, 0.25) is 0 Å². The van der Waals surface area contributed by atoms with Crippen molar-refractivity contribution in [1.29, 1.82) is 5.26 Å². The summed E-state index contributed by atoms with van der Waals surface area (Å²) in [6.07, 6.45) is 8.26. The molecule has 9 heteroatoms. The Kier molecular flexibility index (Phi) is 6.90. The zero-order chi connectivity index (χ0) is 25.8. The first-order chi connectivity index (χ1) is 18.0. The third-order valence-electron chi connectivity index (χ3n) is 6.59. The third-order valence-corrected chi connectivity index (χ3v) is 6.59. The van der Waals surface area contributed by atoms with Crippen LogP contribution in [0.25, 0.3) is 22.2 Å². The molecule has 1 aliphatic carbocycles. The first kappa shape index (κ1) is 24.1. The lowest BCUT2D eigenvalue weighted by atomic mass is 9.88. The van der Waals surface area contributed by atoms with Gasteiger partial charge in [-0.3, -0.25) is 9.59 Å². The number of benzene rings is 1. The van der Waals surface area contributed by atoms with Gasteiger partial charge in [-0.05, 0) is 54.8 Å². The highest BCUT2D eigenvalue weighted by molar-refractivity contribution is 5.95. The number of hydrogen-bond acceptors (Lipinski definition) is 6. The maximum absolute atomic E-state index is 15.3. The van der Waals surface area contributed by atoms with Crippen molar-refractivity contribution in [1.82, 2.24) is 15.0 Å². The molecule has 0 radical (unpaired) electrons. The van der Waals surface area contributed by atoms with Crippen molar-refractivity contribution in [3.63, 3.8) is 0 Å². The lowest BCUT2D eigenvalue weighted by Crippen LogP contribution is -2.24. The second-order valence-corrected chi connectivity index (χ2v) is 9.15. The van der Waals surface area contributed by atoms with Gasteiger partial charge in [0.15, 0.2) is 0 Å². The topological polar surface area (TPSA) is 124 Å². The number of hydrogen-bond donors (Lipinski definition) is 3. The van der Waals surface area contributed by atoms with Crippen LogP contribution in [0.5, 0.6) is 0 Å². The monoisotopic (exact) mass is 496 g/mol. The SMILES string of the molecule is N#CCc1ccc(Nc2cc(-c3ccc(NC(=O)C4CCCCC4)cc3F)nc3cc[nH]c(=O)c23)nc1. The van der Waals surface area contributed by atoms with E-state index in [0.29, 0.717) is 33.8 Å². The molecule has 3 N–H and O–H groups in total. The molecule has 1 amide bonds. The Morgan fingerprint density at radius 3 is 2.70 bits per heavy atom. The molecule has 3 aromatic heterocycles. The average molecular weight is 497 g/mol. The summed E-state index contributed by atoms with van der Waals surface area (Å²) in [6, 6.07) is 13.3. The lowest BCUT2D eigenvalue weighted by Gasteiger charge is -2.20. The number of anilines is 3. The van der Waals surface area contributed by atoms with Crippen LogP contribution >= 0.6 is 0 Å². The zero-order valence-corrected chi connectivity index (χ0v) is 20.1. The van der Waals surface area contributed by atoms with Gasteiger partial charge in [0.2, 0.25) is 5.91 Å². The number of rotatable bonds is 6. The van der Waals surface area contributed by atoms with Crippen molar-refractivity contribution in [3.05, 3.63) is 76.6 Å². The minimum absolute atomic E-state index is 0.0343. The molecule has 1 aromatic carbocycles. The Morgan fingerprint density at radius 2 is 1.97 bits per heavy atom. The molecule has 0 bridgehead atoms. The summed E-state index contributed by atoms with van der Waals surface area (Å²) in [4.78, 5) is 36.7. The molecular formula is C28H25FN6O2. The number of nitriles is 1. The van der Waals surface area contributed by atoms with Gasteiger partial charge in [-0.1, -0.05) is 25.3 Å². The van der Waals surface area contributed by atoms with Gasteiger partial charge in [-0.2, -0.15) is 5.26 Å². The van der Waals surface area contributed by atoms with Gasteiger partial charge in [-0.25, -0.2) is 14.4 Å². The van der Waals surface area contributed by atoms with Crippen molar-refractivity contribution < 1.29 is 9.18 Å². The van der Waals surface area contributed by atoms with Crippen LogP contribution < -0.4 is 16.2 Å². The number of aromatic amines is 1. The predicted octanol–water partition coefficient (Wildman–Crippen LogP) is 5.45. The summed E-state index contributed by atoms with van der Waals surface area (Å²) in [5.41, 5.74) is 2.18. The van der Waals surface area contributed by atoms with Crippen LogP contribution in [0.4, 0.5) is 21.6 Å². The highest BCUT2D eigenvalue weighted by Gasteiger charge is 2.21. The van der Waals surface area contributed by atoms with Crippen LogP contribution in [0.1, 0.15) is 37.7 Å². The molecule has 1 aliphatic rings. The number of amides is 1. The quantitative estimate of drug-likeness (QED) is 0.326. The number of halogens is 1. The molecule has 8 nitrogen and oxygen atoms in total. The van der Waals surface area contributed by atoms with E-state index in [0.717, 1.165) is 37.7 Å². The molecule has 0 aliphatic heterocycles. The van der Waals surface area contributed by atoms with Crippen LogP contribution in [-0.2, 0) is 11.2 Å². The Labute approximate surface area is 212 Å². The first-order valence-electron chi connectivity index (χ1n) is 12.2. The van der Waals surface area contributed by atoms with Gasteiger partial charge in [0.1, 0.15) is 11.6 Å². The predicted molar refractivity (Wildman–Crippen MR) is 140 cm³/mol. The van der Waals surface area contributed by atoms with E-state index >= 15 is 4.39 Å². The minimum atomic E-state index is -0.539. The van der Waals surface area contributed by atoms with E-state index in [9.17, 15) is 9.59 Å². The molecule has 5 rings (SSSR count). The molecule has 186 valence electrons. The second kappa shape index (κ2) is 10.6. The summed E-state index contributed by atoms with van der Waals surface area (Å²) in [7, 11) is 0. The fraction of sp³-hybridized carbons (Fsp3) is 0.250. The molecule has 0 saturated heterocycles. The van der Waals surface area contributed by atoms with Gasteiger partial charge in [0.05, 0.1) is 34.8 Å². The molecule has 1 fully saturated rings. The number of fused-ring (bicyclic) bond motifs is 1. The fourth-order valence-electron chi connectivity index (χ4n) is 4.67. The molecule has 37 heavy (non-hydrogen) atoms. The number of aromatic nitrogens is 3. The molecule has 4 aromatic rings. The van der Waals surface area contributed by atoms with Crippen LogP contribution in [0.3, 0.4) is 0 Å². The number of pyridine rings is 3. The summed E-state index contributed by atoms with van der Waals surface area (Å²) in [5, 5.41) is 15.1. The van der Waals surface area contributed by atoms with Gasteiger partial charge < -0.3 is 15.6 Å². The van der Waals surface area contributed by atoms with Crippen molar-refractivity contribution in [2.24, 2.45) is 5.92 Å². The molecule has 1 saturated carbocycles. The standard InChI is InChI=1S/C28H25FN6O2/c29-21-14-19(33-27(36)18-4-2-1-3-5-18)7-8-20(21)23-15-24(26-22(34-23)11-13-31-28(26)37)35-25-9-6-17(10-12-30)16-32-25/h6-9,11,13-16,18H,1-5,10H2,(H,31,37)(H,33,36)(H,32,34,35). The van der Waals surface area contributed by atoms with Crippen LogP contribution in [-0.4, -0.2) is 20.9 Å². The Bertz CT molecular complexity index is 1550. The second-order valence-electron chi connectivity index (χ2n) is 9.15. The maximum Gasteiger partial charge on any atom is 0.259 e. The highest BCUT2D eigenvalue weighted by Crippen LogP contribution is 2.31. The van der Waals surface area contributed by atoms with Gasteiger partial charge in [0.25, 0.3) is 5.56 Å². The normalized spacial score (nSPS) is 13.7. The number of carbonyl (C=O) groups is 1. The van der Waals surface area contributed by atoms with E-state index in [1.54, 1.807) is 42.6 Å². The molecule has 0 unspecified atom stereocenters. The largest absolute Gasteiger partial charge is 0.339 e. The maximum atomic E-state index is 15.3. The molecule has 3 heterocycles. The smallest absolute Gasteiger partial charge is 0.259 e. The Hall–Kier alpha value is -4.58. The molecule has 0 atom stereocenters. The Balaban J connectivity index is 1.47. The summed E-state index contributed by atoms with van der Waals surface area (Å²) < 4.78 is 15.3. The Morgan fingerprint density at radius 1 is 1.14 bits per heavy atom. The number of nitrogens with zero attached hydrogens (tertiary/aromatic N) is 3. The number of carbonyl (C=O) groups excluding carboxylic acids is 1. The van der Waals surface area contributed by atoms with E-state index in [1.807, 2.05) is 0 Å². The zero-order valence-electron chi connectivity index (χ0n) is 20.1. The van der Waals surface area contributed by atoms with E-state index in [2.05, 4.69) is 31.7 Å². The lowest BCUT2D eigenvalue weighted by molar-refractivity contribution is -0.120. The van der Waals surface area contributed by atoms with Crippen molar-refractivity contribution in [3.8, 4) is 17.3 Å². The van der Waals surface area contributed by atoms with Crippen molar-refractivity contribution in [2.45, 2.75) is 38.5 Å². The summed E-state index contributed by atoms with van der Waals surface area (Å²) >= 11 is 0. The summed E-state index contributed by atoms with van der Waals surface area (Å²) in [5.74, 6) is -0.185. The fourth-order valence-corrected chi connectivity index (χ4v) is 4.67. The van der Waals surface area contributed by atoms with Gasteiger partial charge >= 0.3 is 0 Å².